The maximum atomic E-state index is 12.3. The Morgan fingerprint density at radius 1 is 0.784 bits per heavy atom. The Labute approximate surface area is 232 Å². The zero-order valence-electron chi connectivity index (χ0n) is 19.3. The molecule has 0 heterocycles. The van der Waals surface area contributed by atoms with E-state index in [2.05, 4.69) is 4.74 Å². The summed E-state index contributed by atoms with van der Waals surface area (Å²) in [6.07, 6.45) is -3.24. The van der Waals surface area contributed by atoms with E-state index in [1.807, 2.05) is 19.1 Å². The van der Waals surface area contributed by atoms with Crippen molar-refractivity contribution in [1.82, 2.24) is 0 Å². The minimum atomic E-state index is -4.72. The third-order valence-corrected chi connectivity index (χ3v) is 5.65. The summed E-state index contributed by atoms with van der Waals surface area (Å²) in [5.74, 6) is 1.14. The summed E-state index contributed by atoms with van der Waals surface area (Å²) in [7, 11) is 0. The molecule has 0 saturated carbocycles. The Morgan fingerprint density at radius 3 is 1.81 bits per heavy atom. The van der Waals surface area contributed by atoms with Crippen LogP contribution in [0.25, 0.3) is 11.1 Å². The van der Waals surface area contributed by atoms with Gasteiger partial charge in [0.25, 0.3) is 0 Å². The van der Waals surface area contributed by atoms with Crippen LogP contribution in [0, 0.1) is 5.92 Å². The standard InChI is InChI=1S/C26H21Cl4F3O4/c1-16(15-36-25-22(27)12-21(13-23(25)28)34-11-10-24(29)30)14-35-19-6-2-17(3-7-19)18-4-8-20(9-5-18)37-26(31,32)33/h2-10,12-13,16H,11,14-15H2,1H3/t16-/m1/s1. The highest BCUT2D eigenvalue weighted by Gasteiger charge is 2.30. The van der Waals surface area contributed by atoms with E-state index < -0.39 is 6.36 Å². The SMILES string of the molecule is C[C@H](COc1ccc(-c2ccc(OC(F)(F)F)cc2)cc1)COc1c(Cl)cc(OCC=C(Cl)Cl)cc1Cl. The molecule has 3 rings (SSSR count). The lowest BCUT2D eigenvalue weighted by molar-refractivity contribution is -0.274. The summed E-state index contributed by atoms with van der Waals surface area (Å²) in [5, 5.41) is 0.593. The van der Waals surface area contributed by atoms with E-state index in [-0.39, 0.29) is 22.8 Å². The van der Waals surface area contributed by atoms with Crippen molar-refractivity contribution in [3.8, 4) is 34.1 Å². The molecule has 0 saturated heterocycles. The van der Waals surface area contributed by atoms with Gasteiger partial charge in [-0.25, -0.2) is 0 Å². The van der Waals surface area contributed by atoms with Crippen molar-refractivity contribution in [2.75, 3.05) is 19.8 Å². The van der Waals surface area contributed by atoms with E-state index in [4.69, 9.17) is 60.6 Å². The second-order valence-corrected chi connectivity index (χ2v) is 9.67. The van der Waals surface area contributed by atoms with Crippen LogP contribution in [0.1, 0.15) is 6.92 Å². The van der Waals surface area contributed by atoms with Crippen LogP contribution in [0.15, 0.2) is 71.2 Å². The molecule has 0 aliphatic heterocycles. The molecule has 37 heavy (non-hydrogen) atoms. The van der Waals surface area contributed by atoms with Gasteiger partial charge in [-0.1, -0.05) is 77.6 Å². The topological polar surface area (TPSA) is 36.9 Å². The lowest BCUT2D eigenvalue weighted by atomic mass is 10.1. The number of halogens is 7. The van der Waals surface area contributed by atoms with E-state index in [0.29, 0.717) is 40.5 Å². The van der Waals surface area contributed by atoms with E-state index in [9.17, 15) is 13.2 Å². The fourth-order valence-corrected chi connectivity index (χ4v) is 3.77. The Bertz CT molecular complexity index is 1170. The largest absolute Gasteiger partial charge is 0.573 e. The number of benzene rings is 3. The van der Waals surface area contributed by atoms with Crippen molar-refractivity contribution in [3.05, 3.63) is 81.3 Å². The molecule has 0 bridgehead atoms. The molecule has 0 aliphatic carbocycles. The first-order valence-electron chi connectivity index (χ1n) is 10.8. The molecule has 3 aromatic rings. The quantitative estimate of drug-likeness (QED) is 0.221. The van der Waals surface area contributed by atoms with E-state index in [1.165, 1.54) is 18.2 Å². The smallest absolute Gasteiger partial charge is 0.493 e. The first-order chi connectivity index (χ1) is 17.5. The summed E-state index contributed by atoms with van der Waals surface area (Å²) in [4.78, 5) is 0. The van der Waals surface area contributed by atoms with Crippen LogP contribution in [0.2, 0.25) is 10.0 Å². The molecular weight excluding hydrogens is 575 g/mol. The summed E-state index contributed by atoms with van der Waals surface area (Å²) in [5.41, 5.74) is 1.56. The molecule has 0 spiro atoms. The molecule has 0 unspecified atom stereocenters. The van der Waals surface area contributed by atoms with Crippen molar-refractivity contribution in [3.63, 3.8) is 0 Å². The number of rotatable bonds is 11. The molecule has 0 fully saturated rings. The fourth-order valence-electron chi connectivity index (χ4n) is 3.06. The van der Waals surface area contributed by atoms with Gasteiger partial charge in [0.2, 0.25) is 0 Å². The number of ether oxygens (including phenoxy) is 4. The summed E-state index contributed by atoms with van der Waals surface area (Å²) < 4.78 is 58.0. The van der Waals surface area contributed by atoms with Crippen molar-refractivity contribution >= 4 is 46.4 Å². The molecule has 0 aromatic heterocycles. The van der Waals surface area contributed by atoms with Crippen LogP contribution in [0.5, 0.6) is 23.0 Å². The van der Waals surface area contributed by atoms with Crippen molar-refractivity contribution in [1.29, 1.82) is 0 Å². The van der Waals surface area contributed by atoms with Crippen LogP contribution < -0.4 is 18.9 Å². The summed E-state index contributed by atoms with van der Waals surface area (Å²) in [6.45, 7) is 2.77. The van der Waals surface area contributed by atoms with E-state index >= 15 is 0 Å². The molecule has 0 aliphatic rings. The fraction of sp³-hybridized carbons (Fsp3) is 0.231. The first kappa shape index (κ1) is 29.1. The Balaban J connectivity index is 1.49. The second-order valence-electron chi connectivity index (χ2n) is 7.84. The molecule has 11 heteroatoms. The molecule has 0 amide bonds. The van der Waals surface area contributed by atoms with Gasteiger partial charge >= 0.3 is 6.36 Å². The first-order valence-corrected chi connectivity index (χ1v) is 12.4. The van der Waals surface area contributed by atoms with Gasteiger partial charge < -0.3 is 18.9 Å². The van der Waals surface area contributed by atoms with E-state index in [0.717, 1.165) is 11.1 Å². The zero-order chi connectivity index (χ0) is 27.0. The number of hydrogen-bond acceptors (Lipinski definition) is 4. The lowest BCUT2D eigenvalue weighted by Gasteiger charge is -2.17. The van der Waals surface area contributed by atoms with E-state index in [1.54, 1.807) is 36.4 Å². The Kier molecular flexibility index (Phi) is 10.5. The highest BCUT2D eigenvalue weighted by atomic mass is 35.5. The van der Waals surface area contributed by atoms with Gasteiger partial charge in [0.05, 0.1) is 23.3 Å². The molecule has 0 N–H and O–H groups in total. The molecule has 1 atom stereocenters. The number of hydrogen-bond donors (Lipinski definition) is 0. The monoisotopic (exact) mass is 594 g/mol. The van der Waals surface area contributed by atoms with Gasteiger partial charge in [0, 0.05) is 18.1 Å². The third kappa shape index (κ3) is 9.74. The summed E-state index contributed by atoms with van der Waals surface area (Å²) >= 11 is 23.7. The molecule has 3 aromatic carbocycles. The zero-order valence-corrected chi connectivity index (χ0v) is 22.4. The molecule has 4 nitrogen and oxygen atoms in total. The van der Waals surface area contributed by atoms with Crippen LogP contribution in [-0.2, 0) is 0 Å². The predicted octanol–water partition coefficient (Wildman–Crippen LogP) is 9.35. The van der Waals surface area contributed by atoms with Gasteiger partial charge in [0.15, 0.2) is 5.75 Å². The highest BCUT2D eigenvalue weighted by Crippen LogP contribution is 2.37. The molecule has 0 radical (unpaired) electrons. The van der Waals surface area contributed by atoms with Crippen molar-refractivity contribution in [2.45, 2.75) is 13.3 Å². The Morgan fingerprint density at radius 2 is 1.30 bits per heavy atom. The Hall–Kier alpha value is -2.45. The number of alkyl halides is 3. The third-order valence-electron chi connectivity index (χ3n) is 4.78. The second kappa shape index (κ2) is 13.4. The van der Waals surface area contributed by atoms with Gasteiger partial charge in [-0.3, -0.25) is 0 Å². The van der Waals surface area contributed by atoms with Gasteiger partial charge in [-0.2, -0.15) is 0 Å². The average Bonchev–Trinajstić information content (AvgIpc) is 2.82. The van der Waals surface area contributed by atoms with Gasteiger partial charge in [0.1, 0.15) is 28.3 Å². The minimum Gasteiger partial charge on any atom is -0.493 e. The lowest BCUT2D eigenvalue weighted by Crippen LogP contribution is -2.17. The average molecular weight is 596 g/mol. The van der Waals surface area contributed by atoms with Gasteiger partial charge in [-0.05, 0) is 41.5 Å². The predicted molar refractivity (Wildman–Crippen MR) is 140 cm³/mol. The highest BCUT2D eigenvalue weighted by molar-refractivity contribution is 6.55. The minimum absolute atomic E-state index is 0.0000802. The van der Waals surface area contributed by atoms with Crippen LogP contribution in [0.4, 0.5) is 13.2 Å². The van der Waals surface area contributed by atoms with Gasteiger partial charge in [-0.15, -0.1) is 13.2 Å². The summed E-state index contributed by atoms with van der Waals surface area (Å²) in [6, 6.07) is 16.0. The van der Waals surface area contributed by atoms with Crippen LogP contribution >= 0.6 is 46.4 Å². The van der Waals surface area contributed by atoms with Crippen molar-refractivity contribution in [2.24, 2.45) is 5.92 Å². The van der Waals surface area contributed by atoms with Crippen LogP contribution in [-0.4, -0.2) is 26.2 Å². The molecule has 198 valence electrons. The maximum Gasteiger partial charge on any atom is 0.573 e. The normalized spacial score (nSPS) is 12.0. The maximum absolute atomic E-state index is 12.3. The van der Waals surface area contributed by atoms with Crippen LogP contribution in [0.3, 0.4) is 0 Å². The van der Waals surface area contributed by atoms with Crippen molar-refractivity contribution < 1.29 is 32.1 Å². The molecular formula is C26H21Cl4F3O4.